The molecule has 0 radical (unpaired) electrons. The van der Waals surface area contributed by atoms with Crippen LogP contribution in [0, 0.1) is 63.9 Å². The summed E-state index contributed by atoms with van der Waals surface area (Å²) in [7, 11) is 0. The SMILES string of the molecule is CC[C@H](C)[C@H](CC(=O)[C@H](CCSC)NC(=O)Nc1ccc(CNC(=O)CN2CCN(CC(=O)O)CCN(CC(=O)O)CCN3CC(=O)O[C-]3C2)cc1)C(=O)NCCCC(=O)C(C)CC(=O)O.[Gd]. The maximum Gasteiger partial charge on any atom is 0.319 e. The van der Waals surface area contributed by atoms with Gasteiger partial charge in [0, 0.05) is 116 Å². The molecule has 1 aromatic rings. The molecule has 2 saturated heterocycles. The van der Waals surface area contributed by atoms with Crippen molar-refractivity contribution < 1.29 is 103 Å². The number of hydrogen-bond donors (Lipinski definition) is 7. The van der Waals surface area contributed by atoms with Gasteiger partial charge in [0.15, 0.2) is 5.78 Å². The van der Waals surface area contributed by atoms with E-state index >= 15 is 0 Å². The molecule has 0 aliphatic carbocycles. The quantitative estimate of drug-likeness (QED) is 0.0390. The topological polar surface area (TPSA) is 285 Å². The zero-order valence-electron chi connectivity index (χ0n) is 38.7. The van der Waals surface area contributed by atoms with Crippen LogP contribution in [0.1, 0.15) is 64.9 Å². The van der Waals surface area contributed by atoms with E-state index in [0.717, 1.165) is 0 Å². The number of ketones is 2. The molecule has 1 aromatic carbocycles. The number of carbonyl (C=O) groups excluding carboxylic acids is 6. The van der Waals surface area contributed by atoms with Crippen LogP contribution in [0.5, 0.6) is 0 Å². The van der Waals surface area contributed by atoms with Gasteiger partial charge in [-0.25, -0.2) is 4.79 Å². The van der Waals surface area contributed by atoms with Crippen LogP contribution in [0.4, 0.5) is 10.5 Å². The van der Waals surface area contributed by atoms with Crippen molar-refractivity contribution in [2.24, 2.45) is 17.8 Å². The summed E-state index contributed by atoms with van der Waals surface area (Å²) in [6.45, 7) is 6.78. The molecule has 0 spiro atoms. The third kappa shape index (κ3) is 22.9. The van der Waals surface area contributed by atoms with Crippen LogP contribution in [0.15, 0.2) is 24.3 Å². The molecule has 67 heavy (non-hydrogen) atoms. The number of nitrogens with one attached hydrogen (secondary N) is 4. The summed E-state index contributed by atoms with van der Waals surface area (Å²) in [5.41, 5.74) is 1.14. The molecule has 0 bridgehead atoms. The van der Waals surface area contributed by atoms with Gasteiger partial charge in [-0.05, 0) is 55.0 Å². The normalized spacial score (nSPS) is 17.4. The Morgan fingerprint density at radius 1 is 0.806 bits per heavy atom. The van der Waals surface area contributed by atoms with E-state index in [1.807, 2.05) is 20.1 Å². The Labute approximate surface area is 428 Å². The van der Waals surface area contributed by atoms with Gasteiger partial charge in [0.05, 0.1) is 38.6 Å². The number of anilines is 1. The zero-order valence-corrected chi connectivity index (χ0v) is 41.8. The number of esters is 1. The molecular formula is C44H67GdN8O13S-. The molecule has 0 aromatic heterocycles. The molecule has 21 nitrogen and oxygen atoms in total. The number of aliphatic carboxylic acids is 3. The minimum Gasteiger partial charge on any atom is -0.617 e. The van der Waals surface area contributed by atoms with Gasteiger partial charge in [0.1, 0.15) is 5.78 Å². The minimum absolute atomic E-state index is 0. The molecule has 2 aliphatic rings. The number of carboxylic acids is 3. The average Bonchev–Trinajstić information content (AvgIpc) is 3.61. The first-order valence-corrected chi connectivity index (χ1v) is 23.7. The summed E-state index contributed by atoms with van der Waals surface area (Å²) >= 11 is 1.51. The summed E-state index contributed by atoms with van der Waals surface area (Å²) in [5.74, 6) is -5.62. The molecule has 0 saturated carbocycles. The van der Waals surface area contributed by atoms with Gasteiger partial charge >= 0.3 is 23.9 Å². The monoisotopic (exact) mass is 1110 g/mol. The van der Waals surface area contributed by atoms with E-state index in [0.29, 0.717) is 55.6 Å². The first-order chi connectivity index (χ1) is 31.4. The maximum atomic E-state index is 13.7. The standard InChI is InChI=1S/C44H67N8O13S.Gd/c1-5-29(2)33(43(63)45-13-6-7-35(53)30(3)21-39(56)57)22-36(54)34(12-20-66-4)48-44(64)47-32-10-8-31(9-11-32)23-46-37(55)24-51-17-16-49(26-40(58)59)14-15-50(27-41(60)61)18-19-52-28-42(62)65-38(52)25-51;/h8-11,29-30,33-34H,5-7,12-28H2,1-4H3,(H,45,63)(H,46,55)(H,56,57)(H,58,59)(H,60,61)(H2,47,48,64);/q-1;/t29-,30?,33-,34-;/m0./s1. The van der Waals surface area contributed by atoms with E-state index < -0.39 is 47.8 Å². The second kappa shape index (κ2) is 31.3. The fourth-order valence-corrected chi connectivity index (χ4v) is 7.90. The van der Waals surface area contributed by atoms with Crippen molar-refractivity contribution in [2.75, 3.05) is 95.9 Å². The Morgan fingerprint density at radius 2 is 1.42 bits per heavy atom. The van der Waals surface area contributed by atoms with Crippen LogP contribution in [0.25, 0.3) is 0 Å². The smallest absolute Gasteiger partial charge is 0.319 e. The fraction of sp³-hybridized carbons (Fsp3) is 0.636. The van der Waals surface area contributed by atoms with E-state index in [-0.39, 0.29) is 160 Å². The van der Waals surface area contributed by atoms with E-state index in [4.69, 9.17) is 9.84 Å². The summed E-state index contributed by atoms with van der Waals surface area (Å²) < 4.78 is 5.48. The van der Waals surface area contributed by atoms with Crippen molar-refractivity contribution >= 4 is 70.7 Å². The number of amides is 4. The second-order valence-electron chi connectivity index (χ2n) is 16.8. The molecule has 4 atom stereocenters. The van der Waals surface area contributed by atoms with Crippen molar-refractivity contribution in [3.63, 3.8) is 0 Å². The number of thioether (sulfide) groups is 1. The van der Waals surface area contributed by atoms with Crippen molar-refractivity contribution in [1.82, 2.24) is 35.6 Å². The van der Waals surface area contributed by atoms with E-state index in [1.54, 1.807) is 50.8 Å². The average molecular weight is 1110 g/mol. The van der Waals surface area contributed by atoms with Crippen molar-refractivity contribution in [1.29, 1.82) is 0 Å². The van der Waals surface area contributed by atoms with Crippen LogP contribution in [0.2, 0.25) is 0 Å². The van der Waals surface area contributed by atoms with Crippen LogP contribution < -0.4 is 21.3 Å². The molecule has 376 valence electrons. The maximum absolute atomic E-state index is 13.7. The van der Waals surface area contributed by atoms with Crippen LogP contribution in [-0.4, -0.2) is 185 Å². The molecule has 4 amide bonds. The zero-order chi connectivity index (χ0) is 48.8. The van der Waals surface area contributed by atoms with Gasteiger partial charge in [-0.3, -0.25) is 48.2 Å². The number of fused-ring (bicyclic) bond motifs is 1. The predicted octanol–water partition coefficient (Wildman–Crippen LogP) is 1.18. The first-order valence-electron chi connectivity index (χ1n) is 22.3. The third-order valence-corrected chi connectivity index (χ3v) is 12.2. The largest absolute Gasteiger partial charge is 0.617 e. The Morgan fingerprint density at radius 3 is 2.00 bits per heavy atom. The van der Waals surface area contributed by atoms with Crippen LogP contribution >= 0.6 is 11.8 Å². The third-order valence-electron chi connectivity index (χ3n) is 11.5. The van der Waals surface area contributed by atoms with Gasteiger partial charge in [-0.15, -0.1) is 0 Å². The molecule has 23 heteroatoms. The number of carboxylic acid groups (broad SMARTS) is 3. The molecule has 1 unspecified atom stereocenters. The van der Waals surface area contributed by atoms with Crippen LogP contribution in [0.3, 0.4) is 0 Å². The van der Waals surface area contributed by atoms with E-state index in [1.165, 1.54) is 11.8 Å². The first kappa shape index (κ1) is 59.3. The Kier molecular flexibility index (Phi) is 27.7. The Balaban J connectivity index is 0.0000154. The summed E-state index contributed by atoms with van der Waals surface area (Å²) in [4.78, 5) is 119. The number of Topliss-reactive ketones (excluding diaryl/α,β-unsaturated/α-hetero) is 2. The number of ether oxygens (including phenoxy) is 1. The van der Waals surface area contributed by atoms with Crippen molar-refractivity contribution in [3.05, 3.63) is 36.1 Å². The number of urea groups is 1. The molecule has 7 N–H and O–H groups in total. The van der Waals surface area contributed by atoms with Gasteiger partial charge in [-0.1, -0.05) is 52.1 Å². The molecule has 2 fully saturated rings. The number of nitrogens with zero attached hydrogens (tertiary/aromatic N) is 4. The fourth-order valence-electron chi connectivity index (χ4n) is 7.43. The van der Waals surface area contributed by atoms with Gasteiger partial charge < -0.3 is 51.1 Å². The summed E-state index contributed by atoms with van der Waals surface area (Å²) in [6.07, 6.45) is 3.27. The van der Waals surface area contributed by atoms with E-state index in [9.17, 15) is 53.4 Å². The molecule has 2 heterocycles. The summed E-state index contributed by atoms with van der Waals surface area (Å²) in [5, 5.41) is 39.1. The summed E-state index contributed by atoms with van der Waals surface area (Å²) in [6, 6.07) is 5.24. The minimum atomic E-state index is -1.05. The Hall–Kier alpha value is -3.84. The predicted molar refractivity (Wildman–Crippen MR) is 244 cm³/mol. The van der Waals surface area contributed by atoms with Gasteiger partial charge in [0.25, 0.3) is 5.97 Å². The molecule has 2 aliphatic heterocycles. The molecule has 3 rings (SSSR count). The number of benzene rings is 1. The Bertz CT molecular complexity index is 1830. The number of hydrogen-bond acceptors (Lipinski definition) is 15. The number of carbonyl (C=O) groups is 9. The van der Waals surface area contributed by atoms with E-state index in [2.05, 4.69) is 21.3 Å². The van der Waals surface area contributed by atoms with Gasteiger partial charge in [0.2, 0.25) is 11.8 Å². The number of rotatable bonds is 26. The molecular weight excluding hydrogens is 1040 g/mol. The van der Waals surface area contributed by atoms with Crippen molar-refractivity contribution in [3.8, 4) is 0 Å². The second-order valence-corrected chi connectivity index (χ2v) is 17.8. The van der Waals surface area contributed by atoms with Gasteiger partial charge in [-0.2, -0.15) is 11.8 Å². The van der Waals surface area contributed by atoms with Crippen LogP contribution in [-0.2, 0) is 49.6 Å². The van der Waals surface area contributed by atoms with Crippen molar-refractivity contribution in [2.45, 2.75) is 71.9 Å².